The van der Waals surface area contributed by atoms with Crippen LogP contribution in [0.5, 0.6) is 0 Å². The molecule has 1 aromatic heterocycles. The molecule has 222 valence electrons. The first-order valence-electron chi connectivity index (χ1n) is 14.9. The van der Waals surface area contributed by atoms with Crippen molar-refractivity contribution < 1.29 is 23.6 Å². The molecule has 2 aliphatic rings. The van der Waals surface area contributed by atoms with Crippen molar-refractivity contribution in [3.63, 3.8) is 0 Å². The molecule has 0 N–H and O–H groups in total. The van der Waals surface area contributed by atoms with Crippen LogP contribution in [-0.4, -0.2) is 46.5 Å². The first-order chi connectivity index (χ1) is 21.8. The Bertz CT molecular complexity index is 2140. The van der Waals surface area contributed by atoms with Crippen LogP contribution in [0.15, 0.2) is 94.1 Å². The fourth-order valence-corrected chi connectivity index (χ4v) is 6.27. The molecular formula is C37H28N2O6. The third-order valence-electron chi connectivity index (χ3n) is 8.61. The van der Waals surface area contributed by atoms with Crippen LogP contribution >= 0.6 is 0 Å². The van der Waals surface area contributed by atoms with E-state index < -0.39 is 5.63 Å². The van der Waals surface area contributed by atoms with Gasteiger partial charge in [0.2, 0.25) is 0 Å². The molecule has 0 bridgehead atoms. The number of carbonyl (C=O) groups excluding carboxylic acids is 4. The van der Waals surface area contributed by atoms with Gasteiger partial charge < -0.3 is 4.42 Å². The molecule has 45 heavy (non-hydrogen) atoms. The summed E-state index contributed by atoms with van der Waals surface area (Å²) in [5.74, 6) is -1.08. The number of amides is 4. The smallest absolute Gasteiger partial charge is 0.344 e. The average molecular weight is 597 g/mol. The summed E-state index contributed by atoms with van der Waals surface area (Å²) in [5.41, 5.74) is 6.41. The molecule has 4 aromatic carbocycles. The van der Waals surface area contributed by atoms with E-state index in [1.54, 1.807) is 38.1 Å². The summed E-state index contributed by atoms with van der Waals surface area (Å²) < 4.78 is 5.87. The summed E-state index contributed by atoms with van der Waals surface area (Å²) in [5, 5.41) is 0.772. The maximum absolute atomic E-state index is 13.2. The van der Waals surface area contributed by atoms with E-state index >= 15 is 0 Å². The molecular weight excluding hydrogens is 568 g/mol. The van der Waals surface area contributed by atoms with Crippen molar-refractivity contribution in [2.24, 2.45) is 0 Å². The van der Waals surface area contributed by atoms with Crippen molar-refractivity contribution in [1.29, 1.82) is 0 Å². The second kappa shape index (κ2) is 10.8. The van der Waals surface area contributed by atoms with E-state index in [1.807, 2.05) is 60.7 Å². The van der Waals surface area contributed by atoms with E-state index in [9.17, 15) is 24.0 Å². The fraction of sp³-hybridized carbons (Fsp3) is 0.162. The lowest BCUT2D eigenvalue weighted by Crippen LogP contribution is -2.29. The minimum absolute atomic E-state index is 0.254. The highest BCUT2D eigenvalue weighted by Crippen LogP contribution is 2.29. The number of nitrogens with zero attached hydrogens (tertiary/aromatic N) is 2. The van der Waals surface area contributed by atoms with E-state index in [0.717, 1.165) is 33.2 Å². The molecule has 0 spiro atoms. The van der Waals surface area contributed by atoms with Gasteiger partial charge in [-0.15, -0.1) is 0 Å². The van der Waals surface area contributed by atoms with Gasteiger partial charge in [-0.25, -0.2) is 4.79 Å². The SMILES string of the molecule is CCN1C(=O)c2ccc(Cc3ccc(-c4cc5cccc(Cc6ccc7c(c6)C(=O)N(CC)C7=O)c5oc4=O)cc3)cc2C1=O. The molecule has 8 heteroatoms. The quantitative estimate of drug-likeness (QED) is 0.172. The fourth-order valence-electron chi connectivity index (χ4n) is 6.27. The number of hydrogen-bond acceptors (Lipinski definition) is 6. The monoisotopic (exact) mass is 596 g/mol. The molecule has 0 fully saturated rings. The Morgan fingerprint density at radius 3 is 1.64 bits per heavy atom. The van der Waals surface area contributed by atoms with Gasteiger partial charge in [0.25, 0.3) is 23.6 Å². The van der Waals surface area contributed by atoms with E-state index in [4.69, 9.17) is 4.42 Å². The summed E-state index contributed by atoms with van der Waals surface area (Å²) >= 11 is 0. The molecule has 3 heterocycles. The predicted octanol–water partition coefficient (Wildman–Crippen LogP) is 5.87. The first-order valence-corrected chi connectivity index (χ1v) is 14.9. The molecule has 0 aliphatic carbocycles. The normalized spacial score (nSPS) is 14.1. The van der Waals surface area contributed by atoms with Crippen LogP contribution in [0.4, 0.5) is 0 Å². The van der Waals surface area contributed by atoms with Crippen LogP contribution < -0.4 is 5.63 Å². The van der Waals surface area contributed by atoms with Crippen molar-refractivity contribution >= 4 is 34.6 Å². The molecule has 2 aliphatic heterocycles. The summed E-state index contributed by atoms with van der Waals surface area (Å²) in [6.45, 7) is 4.21. The van der Waals surface area contributed by atoms with Crippen molar-refractivity contribution in [2.75, 3.05) is 13.1 Å². The van der Waals surface area contributed by atoms with E-state index in [-0.39, 0.29) is 23.6 Å². The Hall–Kier alpha value is -5.63. The number of rotatable bonds is 7. The summed E-state index contributed by atoms with van der Waals surface area (Å²) in [6.07, 6.45) is 0.990. The minimum atomic E-state index is -0.460. The van der Waals surface area contributed by atoms with Crippen molar-refractivity contribution in [2.45, 2.75) is 26.7 Å². The molecule has 7 rings (SSSR count). The largest absolute Gasteiger partial charge is 0.422 e. The first kappa shape index (κ1) is 28.2. The second-order valence-electron chi connectivity index (χ2n) is 11.3. The highest BCUT2D eigenvalue weighted by atomic mass is 16.4. The Balaban J connectivity index is 1.13. The van der Waals surface area contributed by atoms with Gasteiger partial charge in [0.15, 0.2) is 0 Å². The zero-order valence-electron chi connectivity index (χ0n) is 24.8. The number of carbonyl (C=O) groups is 4. The highest BCUT2D eigenvalue weighted by Gasteiger charge is 2.35. The molecule has 0 radical (unpaired) electrons. The highest BCUT2D eigenvalue weighted by molar-refractivity contribution is 6.22. The second-order valence-corrected chi connectivity index (χ2v) is 11.3. The molecule has 0 unspecified atom stereocenters. The lowest BCUT2D eigenvalue weighted by Gasteiger charge is -2.09. The van der Waals surface area contributed by atoms with Gasteiger partial charge in [-0.05, 0) is 78.4 Å². The van der Waals surface area contributed by atoms with Gasteiger partial charge in [-0.2, -0.15) is 0 Å². The van der Waals surface area contributed by atoms with Crippen molar-refractivity contribution in [1.82, 2.24) is 9.80 Å². The topological polar surface area (TPSA) is 105 Å². The summed E-state index contributed by atoms with van der Waals surface area (Å²) in [7, 11) is 0. The standard InChI is InChI=1S/C37H28N2O6/c1-3-38-33(40)27-14-10-22(18-30(27)35(38)42)16-21-8-12-24(13-9-21)29-20-26-7-5-6-25(32(26)45-37(29)44)17-23-11-15-28-31(19-23)36(43)39(4-2)34(28)41/h5-15,18-20H,3-4,16-17H2,1-2H3. The van der Waals surface area contributed by atoms with E-state index in [2.05, 4.69) is 0 Å². The Kier molecular flexibility index (Phi) is 6.77. The lowest BCUT2D eigenvalue weighted by atomic mass is 9.97. The Labute approximate surface area is 258 Å². The third-order valence-corrected chi connectivity index (χ3v) is 8.61. The number of fused-ring (bicyclic) bond motifs is 3. The zero-order chi connectivity index (χ0) is 31.4. The van der Waals surface area contributed by atoms with Crippen LogP contribution in [0, 0.1) is 0 Å². The number of benzene rings is 4. The lowest BCUT2D eigenvalue weighted by molar-refractivity contribution is 0.0647. The number of hydrogen-bond donors (Lipinski definition) is 0. The summed E-state index contributed by atoms with van der Waals surface area (Å²) in [4.78, 5) is 65.9. The average Bonchev–Trinajstić information content (AvgIpc) is 3.43. The van der Waals surface area contributed by atoms with Gasteiger partial charge in [0, 0.05) is 24.9 Å². The van der Waals surface area contributed by atoms with Gasteiger partial charge >= 0.3 is 5.63 Å². The van der Waals surface area contributed by atoms with Crippen LogP contribution in [0.2, 0.25) is 0 Å². The molecule has 0 atom stereocenters. The molecule has 0 saturated carbocycles. The van der Waals surface area contributed by atoms with Gasteiger partial charge in [0.05, 0.1) is 27.8 Å². The summed E-state index contributed by atoms with van der Waals surface area (Å²) in [6, 6.07) is 25.8. The van der Waals surface area contributed by atoms with Gasteiger partial charge in [-0.3, -0.25) is 29.0 Å². The maximum atomic E-state index is 13.2. The predicted molar refractivity (Wildman–Crippen MR) is 168 cm³/mol. The molecule has 4 amide bonds. The van der Waals surface area contributed by atoms with Gasteiger partial charge in [-0.1, -0.05) is 54.6 Å². The van der Waals surface area contributed by atoms with E-state index in [1.165, 1.54) is 9.80 Å². The number of imide groups is 2. The maximum Gasteiger partial charge on any atom is 0.344 e. The number of para-hydroxylation sites is 1. The minimum Gasteiger partial charge on any atom is -0.422 e. The third kappa shape index (κ3) is 4.66. The van der Waals surface area contributed by atoms with Gasteiger partial charge in [0.1, 0.15) is 5.58 Å². The van der Waals surface area contributed by atoms with E-state index in [0.29, 0.717) is 59.3 Å². The zero-order valence-corrected chi connectivity index (χ0v) is 24.8. The van der Waals surface area contributed by atoms with Crippen LogP contribution in [-0.2, 0) is 12.8 Å². The van der Waals surface area contributed by atoms with Crippen LogP contribution in [0.25, 0.3) is 22.1 Å². The van der Waals surface area contributed by atoms with Crippen molar-refractivity contribution in [3.05, 3.63) is 140 Å². The molecule has 5 aromatic rings. The van der Waals surface area contributed by atoms with Crippen LogP contribution in [0.3, 0.4) is 0 Å². The molecule has 0 saturated heterocycles. The Morgan fingerprint density at radius 1 is 0.533 bits per heavy atom. The molecule has 8 nitrogen and oxygen atoms in total. The van der Waals surface area contributed by atoms with Crippen molar-refractivity contribution in [3.8, 4) is 11.1 Å². The van der Waals surface area contributed by atoms with Crippen LogP contribution in [0.1, 0.15) is 77.5 Å². The Morgan fingerprint density at radius 2 is 1.07 bits per heavy atom.